The monoisotopic (exact) mass is 388 g/mol. The van der Waals surface area contributed by atoms with Gasteiger partial charge in [-0.1, -0.05) is 29.3 Å². The molecule has 5 nitrogen and oxygen atoms in total. The van der Waals surface area contributed by atoms with Crippen molar-refractivity contribution in [3.63, 3.8) is 0 Å². The number of aromatic carboxylic acids is 1. The summed E-state index contributed by atoms with van der Waals surface area (Å²) in [4.78, 5) is 27.2. The first-order chi connectivity index (χ1) is 9.90. The molecule has 1 aromatic heterocycles. The molecule has 0 spiro atoms. The summed E-state index contributed by atoms with van der Waals surface area (Å²) in [5, 5.41) is 11.7. The molecule has 0 bridgehead atoms. The van der Waals surface area contributed by atoms with Gasteiger partial charge in [0.1, 0.15) is 5.15 Å². The van der Waals surface area contributed by atoms with Gasteiger partial charge >= 0.3 is 5.97 Å². The number of hydrogen-bond donors (Lipinski definition) is 2. The van der Waals surface area contributed by atoms with Crippen LogP contribution in [0.2, 0.25) is 10.2 Å². The molecule has 8 heteroatoms. The van der Waals surface area contributed by atoms with E-state index in [1.807, 2.05) is 0 Å². The van der Waals surface area contributed by atoms with Gasteiger partial charge in [0.15, 0.2) is 0 Å². The van der Waals surface area contributed by atoms with Gasteiger partial charge in [0, 0.05) is 10.7 Å². The molecule has 0 aliphatic heterocycles. The summed E-state index contributed by atoms with van der Waals surface area (Å²) in [5.41, 5.74) is -0.00932. The van der Waals surface area contributed by atoms with E-state index in [1.54, 1.807) is 0 Å². The van der Waals surface area contributed by atoms with Gasteiger partial charge < -0.3 is 10.4 Å². The van der Waals surface area contributed by atoms with E-state index in [2.05, 4.69) is 26.2 Å². The number of carbonyl (C=O) groups is 2. The molecule has 2 aromatic rings. The van der Waals surface area contributed by atoms with Crippen LogP contribution in [0.15, 0.2) is 34.9 Å². The average Bonchev–Trinajstić information content (AvgIpc) is 2.43. The number of carboxylic acids is 1. The van der Waals surface area contributed by atoms with Crippen molar-refractivity contribution in [2.24, 2.45) is 0 Å². The maximum Gasteiger partial charge on any atom is 0.337 e. The van der Waals surface area contributed by atoms with Gasteiger partial charge in [-0.15, -0.1) is 0 Å². The fraction of sp³-hybridized carbons (Fsp3) is 0. The maximum absolute atomic E-state index is 12.2. The molecule has 2 rings (SSSR count). The van der Waals surface area contributed by atoms with Crippen molar-refractivity contribution in [3.05, 3.63) is 56.2 Å². The summed E-state index contributed by atoms with van der Waals surface area (Å²) in [6.45, 7) is 0. The Balaban J connectivity index is 2.41. The number of carbonyl (C=O) groups excluding carboxylic acids is 1. The molecule has 2 N–H and O–H groups in total. The summed E-state index contributed by atoms with van der Waals surface area (Å²) in [5.74, 6) is -1.81. The zero-order valence-electron chi connectivity index (χ0n) is 10.2. The van der Waals surface area contributed by atoms with E-state index in [1.165, 1.54) is 30.5 Å². The Kier molecular flexibility index (Phi) is 4.82. The Morgan fingerprint density at radius 3 is 2.62 bits per heavy atom. The standard InChI is InChI=1S/C13H7BrCl2N2O3/c14-6-4-8(11(16)17-5-6)12(19)18-10-7(13(20)21)2-1-3-9(10)15/h1-5H,(H,18,19)(H,20,21). The molecule has 1 aromatic carbocycles. The molecule has 0 radical (unpaired) electrons. The second kappa shape index (κ2) is 6.43. The summed E-state index contributed by atoms with van der Waals surface area (Å²) in [7, 11) is 0. The van der Waals surface area contributed by atoms with Gasteiger partial charge in [-0.25, -0.2) is 9.78 Å². The fourth-order valence-electron chi connectivity index (χ4n) is 1.59. The Morgan fingerprint density at radius 2 is 1.95 bits per heavy atom. The van der Waals surface area contributed by atoms with Gasteiger partial charge in [-0.05, 0) is 34.1 Å². The molecule has 0 saturated carbocycles. The molecule has 0 saturated heterocycles. The molecular formula is C13H7BrCl2N2O3. The Bertz CT molecular complexity index is 737. The number of rotatable bonds is 3. The number of amides is 1. The van der Waals surface area contributed by atoms with Gasteiger partial charge in [0.2, 0.25) is 0 Å². The minimum atomic E-state index is -1.20. The van der Waals surface area contributed by atoms with Gasteiger partial charge in [-0.2, -0.15) is 0 Å². The largest absolute Gasteiger partial charge is 0.478 e. The van der Waals surface area contributed by atoms with Crippen LogP contribution in [0.25, 0.3) is 0 Å². The number of benzene rings is 1. The van der Waals surface area contributed by atoms with E-state index in [9.17, 15) is 9.59 Å². The number of hydrogen-bond acceptors (Lipinski definition) is 3. The van der Waals surface area contributed by atoms with E-state index < -0.39 is 11.9 Å². The van der Waals surface area contributed by atoms with Crippen LogP contribution in [0.5, 0.6) is 0 Å². The first kappa shape index (κ1) is 15.8. The lowest BCUT2D eigenvalue weighted by Crippen LogP contribution is -2.16. The lowest BCUT2D eigenvalue weighted by atomic mass is 10.1. The molecule has 0 aliphatic carbocycles. The summed E-state index contributed by atoms with van der Waals surface area (Å²) >= 11 is 15.0. The highest BCUT2D eigenvalue weighted by molar-refractivity contribution is 9.10. The van der Waals surface area contributed by atoms with Crippen molar-refractivity contribution in [1.82, 2.24) is 4.98 Å². The summed E-state index contributed by atoms with van der Waals surface area (Å²) in [6.07, 6.45) is 1.44. The number of nitrogens with zero attached hydrogens (tertiary/aromatic N) is 1. The van der Waals surface area contributed by atoms with Crippen LogP contribution in [-0.4, -0.2) is 22.0 Å². The number of halogens is 3. The van der Waals surface area contributed by atoms with Gasteiger partial charge in [0.25, 0.3) is 5.91 Å². The molecule has 21 heavy (non-hydrogen) atoms. The molecule has 0 fully saturated rings. The fourth-order valence-corrected chi connectivity index (χ4v) is 2.33. The second-order valence-corrected chi connectivity index (χ2v) is 5.59. The van der Waals surface area contributed by atoms with Crippen LogP contribution >= 0.6 is 39.1 Å². The second-order valence-electron chi connectivity index (χ2n) is 3.91. The van der Waals surface area contributed by atoms with Crippen molar-refractivity contribution in [2.75, 3.05) is 5.32 Å². The highest BCUT2D eigenvalue weighted by Gasteiger charge is 2.18. The first-order valence-corrected chi connectivity index (χ1v) is 7.09. The Labute approximate surface area is 138 Å². The van der Waals surface area contributed by atoms with Crippen LogP contribution in [0, 0.1) is 0 Å². The first-order valence-electron chi connectivity index (χ1n) is 5.54. The van der Waals surface area contributed by atoms with Crippen LogP contribution in [-0.2, 0) is 0 Å². The molecule has 0 aliphatic rings. The third-order valence-corrected chi connectivity index (χ3v) is 3.58. The van der Waals surface area contributed by atoms with Crippen LogP contribution in [0.1, 0.15) is 20.7 Å². The lowest BCUT2D eigenvalue weighted by Gasteiger charge is -2.11. The Hall–Kier alpha value is -1.63. The van der Waals surface area contributed by atoms with E-state index >= 15 is 0 Å². The molecule has 1 heterocycles. The lowest BCUT2D eigenvalue weighted by molar-refractivity contribution is 0.0698. The minimum Gasteiger partial charge on any atom is -0.478 e. The Morgan fingerprint density at radius 1 is 1.24 bits per heavy atom. The third-order valence-electron chi connectivity index (χ3n) is 2.53. The van der Waals surface area contributed by atoms with E-state index in [4.69, 9.17) is 28.3 Å². The molecule has 0 unspecified atom stereocenters. The van der Waals surface area contributed by atoms with E-state index in [0.717, 1.165) is 0 Å². The average molecular weight is 390 g/mol. The number of anilines is 1. The van der Waals surface area contributed by atoms with Crippen LogP contribution in [0.3, 0.4) is 0 Å². The molecule has 1 amide bonds. The summed E-state index contributed by atoms with van der Waals surface area (Å²) in [6, 6.07) is 5.77. The quantitative estimate of drug-likeness (QED) is 0.774. The highest BCUT2D eigenvalue weighted by Crippen LogP contribution is 2.27. The zero-order valence-corrected chi connectivity index (χ0v) is 13.3. The number of nitrogens with one attached hydrogen (secondary N) is 1. The van der Waals surface area contributed by atoms with Crippen molar-refractivity contribution >= 4 is 56.7 Å². The van der Waals surface area contributed by atoms with E-state index in [0.29, 0.717) is 4.47 Å². The van der Waals surface area contributed by atoms with E-state index in [-0.39, 0.29) is 27.0 Å². The smallest absolute Gasteiger partial charge is 0.337 e. The number of carboxylic acid groups (broad SMARTS) is 1. The zero-order chi connectivity index (χ0) is 15.6. The van der Waals surface area contributed by atoms with Crippen LogP contribution in [0.4, 0.5) is 5.69 Å². The topological polar surface area (TPSA) is 79.3 Å². The number of pyridine rings is 1. The predicted molar refractivity (Wildman–Crippen MR) is 83.3 cm³/mol. The highest BCUT2D eigenvalue weighted by atomic mass is 79.9. The van der Waals surface area contributed by atoms with Crippen molar-refractivity contribution in [2.45, 2.75) is 0 Å². The minimum absolute atomic E-state index is 0.000344. The predicted octanol–water partition coefficient (Wildman–Crippen LogP) is 4.10. The van der Waals surface area contributed by atoms with Gasteiger partial charge in [-0.3, -0.25) is 4.79 Å². The summed E-state index contributed by atoms with van der Waals surface area (Å²) < 4.78 is 0.565. The SMILES string of the molecule is O=C(Nc1c(Cl)cccc1C(=O)O)c1cc(Br)cnc1Cl. The normalized spacial score (nSPS) is 10.2. The molecule has 0 atom stereocenters. The maximum atomic E-state index is 12.2. The van der Waals surface area contributed by atoms with Crippen molar-refractivity contribution < 1.29 is 14.7 Å². The molecular weight excluding hydrogens is 383 g/mol. The number of aromatic nitrogens is 1. The van der Waals surface area contributed by atoms with Crippen LogP contribution < -0.4 is 5.32 Å². The van der Waals surface area contributed by atoms with Crippen molar-refractivity contribution in [1.29, 1.82) is 0 Å². The molecule has 108 valence electrons. The van der Waals surface area contributed by atoms with Crippen molar-refractivity contribution in [3.8, 4) is 0 Å². The number of para-hydroxylation sites is 1. The van der Waals surface area contributed by atoms with Gasteiger partial charge in [0.05, 0.1) is 21.8 Å². The third kappa shape index (κ3) is 3.53.